The number of benzene rings is 2. The third-order valence-corrected chi connectivity index (χ3v) is 5.39. The molecule has 0 radical (unpaired) electrons. The number of halogens is 3. The molecule has 1 atom stereocenters. The van der Waals surface area contributed by atoms with E-state index in [0.717, 1.165) is 6.42 Å². The first-order chi connectivity index (χ1) is 10.1. The van der Waals surface area contributed by atoms with Crippen LogP contribution in [-0.2, 0) is 19.3 Å². The molecule has 0 heterocycles. The summed E-state index contributed by atoms with van der Waals surface area (Å²) in [6.45, 7) is 0. The molecular weight excluding hydrogens is 351 g/mol. The highest BCUT2D eigenvalue weighted by Crippen LogP contribution is 2.33. The minimum atomic E-state index is -0.232. The predicted octanol–water partition coefficient (Wildman–Crippen LogP) is 6.04. The molecule has 1 aliphatic rings. The lowest BCUT2D eigenvalue weighted by atomic mass is 9.89. The monoisotopic (exact) mass is 366 g/mol. The van der Waals surface area contributed by atoms with Crippen LogP contribution in [0.4, 0.5) is 4.39 Å². The van der Waals surface area contributed by atoms with Gasteiger partial charge in [0.15, 0.2) is 0 Å². The van der Waals surface area contributed by atoms with Crippen molar-refractivity contribution >= 4 is 27.5 Å². The summed E-state index contributed by atoms with van der Waals surface area (Å²) in [4.78, 5) is 0.0825. The Labute approximate surface area is 138 Å². The molecule has 3 rings (SSSR count). The van der Waals surface area contributed by atoms with Gasteiger partial charge >= 0.3 is 0 Å². The number of rotatable bonds is 3. The highest BCUT2D eigenvalue weighted by Gasteiger charge is 2.16. The van der Waals surface area contributed by atoms with Gasteiger partial charge in [-0.15, -0.1) is 0 Å². The molecule has 2 aromatic carbocycles. The fraction of sp³-hybridized carbons (Fsp3) is 0.333. The van der Waals surface area contributed by atoms with Crippen LogP contribution in [0.5, 0.6) is 0 Å². The Morgan fingerprint density at radius 1 is 1.10 bits per heavy atom. The highest BCUT2D eigenvalue weighted by atomic mass is 79.9. The summed E-state index contributed by atoms with van der Waals surface area (Å²) in [6.07, 6.45) is 5.45. The standard InChI is InChI=1S/C18H17BrClF/c19-16(11-15-17(20)6-3-7-18(15)21)14-9-8-12-4-1-2-5-13(12)10-14/h3,6-10,16H,1-2,4-5,11H2. The van der Waals surface area contributed by atoms with Crippen molar-refractivity contribution in [2.45, 2.75) is 36.9 Å². The minimum absolute atomic E-state index is 0.0825. The minimum Gasteiger partial charge on any atom is -0.207 e. The second kappa shape index (κ2) is 6.50. The van der Waals surface area contributed by atoms with Crippen molar-refractivity contribution in [1.82, 2.24) is 0 Å². The molecule has 0 aromatic heterocycles. The quantitative estimate of drug-likeness (QED) is 0.580. The lowest BCUT2D eigenvalue weighted by Gasteiger charge is -2.19. The smallest absolute Gasteiger partial charge is 0.127 e. The van der Waals surface area contributed by atoms with Gasteiger partial charge in [-0.25, -0.2) is 4.39 Å². The van der Waals surface area contributed by atoms with Crippen molar-refractivity contribution < 1.29 is 4.39 Å². The fourth-order valence-corrected chi connectivity index (χ4v) is 3.82. The third-order valence-electron chi connectivity index (χ3n) is 4.18. The molecule has 1 aliphatic carbocycles. The van der Waals surface area contributed by atoms with Crippen LogP contribution in [0.3, 0.4) is 0 Å². The largest absolute Gasteiger partial charge is 0.207 e. The van der Waals surface area contributed by atoms with Gasteiger partial charge in [0.25, 0.3) is 0 Å². The van der Waals surface area contributed by atoms with Crippen molar-refractivity contribution in [3.8, 4) is 0 Å². The average Bonchev–Trinajstić information content (AvgIpc) is 2.50. The van der Waals surface area contributed by atoms with Gasteiger partial charge in [-0.1, -0.05) is 51.8 Å². The topological polar surface area (TPSA) is 0 Å². The molecule has 0 amide bonds. The molecule has 0 aliphatic heterocycles. The van der Waals surface area contributed by atoms with E-state index in [4.69, 9.17) is 11.6 Å². The zero-order valence-electron chi connectivity index (χ0n) is 11.7. The van der Waals surface area contributed by atoms with Gasteiger partial charge in [-0.3, -0.25) is 0 Å². The predicted molar refractivity (Wildman–Crippen MR) is 89.9 cm³/mol. The lowest BCUT2D eigenvalue weighted by Crippen LogP contribution is -2.05. The van der Waals surface area contributed by atoms with E-state index in [1.165, 1.54) is 42.0 Å². The number of alkyl halides is 1. The summed E-state index contributed by atoms with van der Waals surface area (Å²) in [7, 11) is 0. The number of hydrogen-bond donors (Lipinski definition) is 0. The molecule has 21 heavy (non-hydrogen) atoms. The molecule has 0 saturated heterocycles. The normalized spacial score (nSPS) is 15.6. The van der Waals surface area contributed by atoms with Crippen molar-refractivity contribution in [1.29, 1.82) is 0 Å². The summed E-state index contributed by atoms with van der Waals surface area (Å²) in [6, 6.07) is 11.5. The first kappa shape index (κ1) is 15.1. The van der Waals surface area contributed by atoms with Crippen molar-refractivity contribution in [3.05, 3.63) is 69.5 Å². The van der Waals surface area contributed by atoms with E-state index in [0.29, 0.717) is 17.0 Å². The van der Waals surface area contributed by atoms with Crippen molar-refractivity contribution in [3.63, 3.8) is 0 Å². The van der Waals surface area contributed by atoms with Crippen LogP contribution in [0.25, 0.3) is 0 Å². The van der Waals surface area contributed by atoms with Crippen LogP contribution in [-0.4, -0.2) is 0 Å². The Morgan fingerprint density at radius 3 is 2.62 bits per heavy atom. The van der Waals surface area contributed by atoms with E-state index in [1.54, 1.807) is 12.1 Å². The number of fused-ring (bicyclic) bond motifs is 1. The van der Waals surface area contributed by atoms with Gasteiger partial charge < -0.3 is 0 Å². The van der Waals surface area contributed by atoms with Gasteiger partial charge in [-0.05, 0) is 60.9 Å². The van der Waals surface area contributed by atoms with Gasteiger partial charge in [0, 0.05) is 15.4 Å². The van der Waals surface area contributed by atoms with E-state index in [2.05, 4.69) is 34.1 Å². The van der Waals surface area contributed by atoms with Crippen LogP contribution in [0.1, 0.15) is 39.9 Å². The van der Waals surface area contributed by atoms with Crippen LogP contribution in [0, 0.1) is 5.82 Å². The molecular formula is C18H17BrClF. The first-order valence-corrected chi connectivity index (χ1v) is 8.63. The second-order valence-electron chi connectivity index (χ2n) is 5.61. The molecule has 0 N–H and O–H groups in total. The van der Waals surface area contributed by atoms with Crippen molar-refractivity contribution in [2.75, 3.05) is 0 Å². The molecule has 3 heteroatoms. The van der Waals surface area contributed by atoms with E-state index in [1.807, 2.05) is 0 Å². The average molecular weight is 368 g/mol. The molecule has 0 fully saturated rings. The highest BCUT2D eigenvalue weighted by molar-refractivity contribution is 9.09. The SMILES string of the molecule is Fc1cccc(Cl)c1CC(Br)c1ccc2c(c1)CCCC2. The van der Waals surface area contributed by atoms with E-state index < -0.39 is 0 Å². The molecule has 0 bridgehead atoms. The maximum absolute atomic E-state index is 13.9. The summed E-state index contributed by atoms with van der Waals surface area (Å²) in [5, 5.41) is 0.498. The Morgan fingerprint density at radius 2 is 1.86 bits per heavy atom. The zero-order valence-corrected chi connectivity index (χ0v) is 14.1. The Balaban J connectivity index is 1.84. The molecule has 0 saturated carbocycles. The molecule has 0 nitrogen and oxygen atoms in total. The zero-order chi connectivity index (χ0) is 14.8. The van der Waals surface area contributed by atoms with Crippen LogP contribution in [0.2, 0.25) is 5.02 Å². The Kier molecular flexibility index (Phi) is 4.66. The van der Waals surface area contributed by atoms with Crippen LogP contribution >= 0.6 is 27.5 Å². The summed E-state index contributed by atoms with van der Waals surface area (Å²) in [5.41, 5.74) is 4.70. The maximum Gasteiger partial charge on any atom is 0.127 e. The summed E-state index contributed by atoms with van der Waals surface area (Å²) in [5.74, 6) is -0.232. The Bertz CT molecular complexity index is 633. The van der Waals surface area contributed by atoms with E-state index >= 15 is 0 Å². The summed E-state index contributed by atoms with van der Waals surface area (Å²) >= 11 is 9.81. The van der Waals surface area contributed by atoms with Gasteiger partial charge in [0.2, 0.25) is 0 Å². The molecule has 1 unspecified atom stereocenters. The van der Waals surface area contributed by atoms with E-state index in [-0.39, 0.29) is 10.6 Å². The van der Waals surface area contributed by atoms with E-state index in [9.17, 15) is 4.39 Å². The lowest BCUT2D eigenvalue weighted by molar-refractivity contribution is 0.608. The third kappa shape index (κ3) is 3.32. The van der Waals surface area contributed by atoms with Gasteiger partial charge in [0.05, 0.1) is 0 Å². The van der Waals surface area contributed by atoms with Crippen LogP contribution < -0.4 is 0 Å². The van der Waals surface area contributed by atoms with Gasteiger partial charge in [-0.2, -0.15) is 0 Å². The van der Waals surface area contributed by atoms with Crippen molar-refractivity contribution in [2.24, 2.45) is 0 Å². The fourth-order valence-electron chi connectivity index (χ4n) is 2.97. The molecule has 110 valence electrons. The number of aryl methyl sites for hydroxylation is 2. The number of hydrogen-bond acceptors (Lipinski definition) is 0. The van der Waals surface area contributed by atoms with Gasteiger partial charge in [0.1, 0.15) is 5.82 Å². The second-order valence-corrected chi connectivity index (χ2v) is 7.12. The Hall–Kier alpha value is -0.860. The summed E-state index contributed by atoms with van der Waals surface area (Å²) < 4.78 is 13.9. The first-order valence-electron chi connectivity index (χ1n) is 7.34. The maximum atomic E-state index is 13.9. The molecule has 0 spiro atoms. The van der Waals surface area contributed by atoms with Crippen LogP contribution in [0.15, 0.2) is 36.4 Å². The molecule has 2 aromatic rings.